The van der Waals surface area contributed by atoms with Crippen molar-refractivity contribution in [3.63, 3.8) is 0 Å². The quantitative estimate of drug-likeness (QED) is 0.535. The Bertz CT molecular complexity index is 1060. The van der Waals surface area contributed by atoms with Gasteiger partial charge in [0.15, 0.2) is 0 Å². The van der Waals surface area contributed by atoms with Crippen molar-refractivity contribution < 1.29 is 17.7 Å². The highest BCUT2D eigenvalue weighted by Crippen LogP contribution is 2.45. The Morgan fingerprint density at radius 3 is 2.23 bits per heavy atom. The van der Waals surface area contributed by atoms with E-state index in [9.17, 15) is 17.7 Å². The third-order valence-corrected chi connectivity index (χ3v) is 9.27. The average Bonchev–Trinajstić information content (AvgIpc) is 2.75. The highest BCUT2D eigenvalue weighted by molar-refractivity contribution is 7.99. The van der Waals surface area contributed by atoms with Crippen molar-refractivity contribution in [2.75, 3.05) is 25.4 Å². The fourth-order valence-electron chi connectivity index (χ4n) is 3.44. The van der Waals surface area contributed by atoms with Crippen molar-refractivity contribution in [2.45, 2.75) is 16.1 Å². The Morgan fingerprint density at radius 1 is 0.933 bits per heavy atom. The van der Waals surface area contributed by atoms with E-state index < -0.39 is 18.9 Å². The molecule has 3 aromatic rings. The predicted octanol–water partition coefficient (Wildman–Crippen LogP) is 5.51. The lowest BCUT2D eigenvalue weighted by Crippen LogP contribution is -2.32. The van der Waals surface area contributed by atoms with Gasteiger partial charge in [0.2, 0.25) is 0 Å². The zero-order valence-electron chi connectivity index (χ0n) is 16.0. The Hall–Kier alpha value is -2.08. The first-order valence-electron chi connectivity index (χ1n) is 9.55. The molecule has 4 rings (SSSR count). The minimum Gasteiger partial charge on any atom is -0.319 e. The van der Waals surface area contributed by atoms with E-state index in [1.165, 1.54) is 23.9 Å². The highest BCUT2D eigenvalue weighted by Gasteiger charge is 2.30. The lowest BCUT2D eigenvalue weighted by atomic mass is 10.1. The fraction of sp³-hybridized carbons (Fsp3) is 0.227. The maximum atomic E-state index is 13.2. The molecular weight excluding hydrogens is 428 g/mol. The predicted molar refractivity (Wildman–Crippen MR) is 115 cm³/mol. The molecule has 0 radical (unpaired) electrons. The summed E-state index contributed by atoms with van der Waals surface area (Å²) in [6.07, 6.45) is -1.34. The molecule has 0 unspecified atom stereocenters. The van der Waals surface area contributed by atoms with Gasteiger partial charge in [-0.15, -0.1) is 0 Å². The van der Waals surface area contributed by atoms with E-state index in [0.29, 0.717) is 22.2 Å². The van der Waals surface area contributed by atoms with Gasteiger partial charge in [-0.3, -0.25) is 0 Å². The van der Waals surface area contributed by atoms with Gasteiger partial charge in [0, 0.05) is 47.4 Å². The number of hydrogen-bond acceptors (Lipinski definition) is 4. The molecule has 2 heterocycles. The van der Waals surface area contributed by atoms with E-state index in [-0.39, 0.29) is 0 Å². The van der Waals surface area contributed by atoms with Crippen LogP contribution in [-0.2, 0) is 10.7 Å². The Labute approximate surface area is 177 Å². The van der Waals surface area contributed by atoms with Crippen molar-refractivity contribution in [1.82, 2.24) is 10.3 Å². The molecule has 0 saturated carbocycles. The molecule has 0 bridgehead atoms. The van der Waals surface area contributed by atoms with Crippen LogP contribution in [0, 0.1) is 0 Å². The maximum Gasteiger partial charge on any atom is 0.416 e. The topological polar surface area (TPSA) is 42.0 Å². The second kappa shape index (κ2) is 8.58. The van der Waals surface area contributed by atoms with Gasteiger partial charge in [-0.1, -0.05) is 42.1 Å². The van der Waals surface area contributed by atoms with E-state index in [1.54, 1.807) is 6.20 Å². The van der Waals surface area contributed by atoms with Gasteiger partial charge in [-0.2, -0.15) is 13.2 Å². The molecule has 1 aromatic heterocycles. The maximum absolute atomic E-state index is 13.2. The number of aromatic nitrogens is 1. The first-order chi connectivity index (χ1) is 14.4. The minimum atomic E-state index is -4.35. The van der Waals surface area contributed by atoms with Crippen LogP contribution in [0.1, 0.15) is 5.56 Å². The van der Waals surface area contributed by atoms with Gasteiger partial charge in [-0.05, 0) is 35.9 Å². The number of halogens is 3. The number of benzene rings is 2. The van der Waals surface area contributed by atoms with E-state index in [0.717, 1.165) is 41.7 Å². The molecule has 1 aliphatic rings. The van der Waals surface area contributed by atoms with Crippen LogP contribution in [0.25, 0.3) is 11.1 Å². The van der Waals surface area contributed by atoms with Crippen molar-refractivity contribution in [3.05, 3.63) is 72.4 Å². The van der Waals surface area contributed by atoms with Crippen LogP contribution < -0.4 is 10.6 Å². The third kappa shape index (κ3) is 4.64. The monoisotopic (exact) mass is 448 g/mol. The molecule has 1 fully saturated rings. The summed E-state index contributed by atoms with van der Waals surface area (Å²) in [5.74, 6) is 0. The lowest BCUT2D eigenvalue weighted by molar-refractivity contribution is -0.137. The number of nitrogens with zero attached hydrogens (tertiary/aromatic N) is 1. The molecule has 0 atom stereocenters. The molecule has 30 heavy (non-hydrogen) atoms. The van der Waals surface area contributed by atoms with E-state index >= 15 is 0 Å². The second-order valence-corrected chi connectivity index (χ2v) is 11.4. The van der Waals surface area contributed by atoms with Gasteiger partial charge in [0.1, 0.15) is 12.2 Å². The van der Waals surface area contributed by atoms with Gasteiger partial charge in [0.05, 0.1) is 5.56 Å². The van der Waals surface area contributed by atoms with Crippen molar-refractivity contribution in [2.24, 2.45) is 0 Å². The van der Waals surface area contributed by atoms with Crippen LogP contribution in [-0.4, -0.2) is 30.4 Å². The first-order valence-corrected chi connectivity index (χ1v) is 12.4. The summed E-state index contributed by atoms with van der Waals surface area (Å²) >= 11 is 1.32. The summed E-state index contributed by atoms with van der Waals surface area (Å²) in [6, 6.07) is 16.6. The minimum absolute atomic E-state index is 0.670. The lowest BCUT2D eigenvalue weighted by Gasteiger charge is -2.24. The van der Waals surface area contributed by atoms with Crippen molar-refractivity contribution >= 4 is 24.2 Å². The zero-order chi connectivity index (χ0) is 21.2. The number of pyridine rings is 1. The van der Waals surface area contributed by atoms with Gasteiger partial charge in [-0.25, -0.2) is 4.98 Å². The zero-order valence-corrected chi connectivity index (χ0v) is 17.7. The molecule has 1 saturated heterocycles. The van der Waals surface area contributed by atoms with Gasteiger partial charge in [0.25, 0.3) is 0 Å². The van der Waals surface area contributed by atoms with Gasteiger partial charge >= 0.3 is 6.18 Å². The molecule has 0 spiro atoms. The van der Waals surface area contributed by atoms with Gasteiger partial charge < -0.3 is 9.88 Å². The number of rotatable bonds is 4. The Kier molecular flexibility index (Phi) is 6.05. The Balaban J connectivity index is 1.58. The molecule has 156 valence electrons. The summed E-state index contributed by atoms with van der Waals surface area (Å²) in [5, 5.41) is 4.85. The normalized spacial score (nSPS) is 16.4. The number of nitrogens with one attached hydrogen (secondary N) is 1. The molecule has 8 heteroatoms. The summed E-state index contributed by atoms with van der Waals surface area (Å²) in [6.45, 7) is 1.55. The number of hydrogen-bond donors (Lipinski definition) is 1. The Morgan fingerprint density at radius 2 is 1.60 bits per heavy atom. The van der Waals surface area contributed by atoms with Crippen LogP contribution in [0.15, 0.2) is 76.8 Å². The third-order valence-electron chi connectivity index (χ3n) is 5.12. The average molecular weight is 448 g/mol. The fourth-order valence-corrected chi connectivity index (χ4v) is 6.82. The molecular formula is C22H20F3N2OPS. The van der Waals surface area contributed by atoms with Crippen molar-refractivity contribution in [3.8, 4) is 11.1 Å². The molecule has 1 aliphatic heterocycles. The molecule has 0 amide bonds. The van der Waals surface area contributed by atoms with E-state index in [2.05, 4.69) is 10.3 Å². The van der Waals surface area contributed by atoms with Crippen LogP contribution in [0.5, 0.6) is 0 Å². The SMILES string of the molecule is O=P1(c2ccc(-c3cccnc3Sc3ccc(C(F)(F)F)cc3)cc2)CCNCC1. The summed E-state index contributed by atoms with van der Waals surface area (Å²) in [5.41, 5.74) is 1.15. The molecule has 2 aromatic carbocycles. The van der Waals surface area contributed by atoms with Crippen LogP contribution in [0.2, 0.25) is 0 Å². The second-order valence-electron chi connectivity index (χ2n) is 7.11. The van der Waals surface area contributed by atoms with E-state index in [4.69, 9.17) is 0 Å². The van der Waals surface area contributed by atoms with Crippen molar-refractivity contribution in [1.29, 1.82) is 0 Å². The standard InChI is InChI=1S/C22H20F3N2OPS/c23-22(24,25)17-5-9-19(10-6-17)30-21-20(2-1-11-27-21)16-3-7-18(8-4-16)29(28)14-12-26-13-15-29/h1-11,26H,12-15H2. The smallest absolute Gasteiger partial charge is 0.319 e. The van der Waals surface area contributed by atoms with E-state index in [1.807, 2.05) is 36.4 Å². The van der Waals surface area contributed by atoms with Crippen LogP contribution >= 0.6 is 18.9 Å². The summed E-state index contributed by atoms with van der Waals surface area (Å²) in [4.78, 5) is 5.10. The molecule has 3 nitrogen and oxygen atoms in total. The molecule has 0 aliphatic carbocycles. The first kappa shape index (κ1) is 21.2. The number of alkyl halides is 3. The van der Waals surface area contributed by atoms with Crippen LogP contribution in [0.4, 0.5) is 13.2 Å². The molecule has 1 N–H and O–H groups in total. The van der Waals surface area contributed by atoms with Crippen LogP contribution in [0.3, 0.4) is 0 Å². The highest BCUT2D eigenvalue weighted by atomic mass is 32.2. The largest absolute Gasteiger partial charge is 0.416 e. The summed E-state index contributed by atoms with van der Waals surface area (Å²) < 4.78 is 51.5. The summed E-state index contributed by atoms with van der Waals surface area (Å²) in [7, 11) is -2.34.